The minimum Gasteiger partial charge on any atom is -0.497 e. The number of amides is 2. The van der Waals surface area contributed by atoms with Crippen LogP contribution < -0.4 is 19.7 Å². The topological polar surface area (TPSA) is 111 Å². The Balaban J connectivity index is 1.17. The van der Waals surface area contributed by atoms with Gasteiger partial charge in [-0.15, -0.1) is 10.2 Å². The fourth-order valence-electron chi connectivity index (χ4n) is 3.98. The second-order valence-electron chi connectivity index (χ2n) is 8.29. The molecule has 1 unspecified atom stereocenters. The van der Waals surface area contributed by atoms with Gasteiger partial charge in [-0.2, -0.15) is 0 Å². The van der Waals surface area contributed by atoms with E-state index < -0.39 is 5.92 Å². The van der Waals surface area contributed by atoms with Gasteiger partial charge >= 0.3 is 0 Å². The lowest BCUT2D eigenvalue weighted by molar-refractivity contribution is -0.122. The third kappa shape index (κ3) is 4.88. The maximum atomic E-state index is 12.8. The number of imidazole rings is 1. The number of aromatic nitrogens is 4. The van der Waals surface area contributed by atoms with Crippen molar-refractivity contribution in [3.63, 3.8) is 0 Å². The highest BCUT2D eigenvalue weighted by molar-refractivity contribution is 6.03. The van der Waals surface area contributed by atoms with Gasteiger partial charge in [0.2, 0.25) is 17.7 Å². The number of carbonyl (C=O) groups is 2. The van der Waals surface area contributed by atoms with Gasteiger partial charge in [-0.1, -0.05) is 0 Å². The minimum absolute atomic E-state index is 0.0839. The molecule has 0 saturated carbocycles. The molecule has 3 heterocycles. The van der Waals surface area contributed by atoms with Gasteiger partial charge in [-0.25, -0.2) is 4.98 Å². The van der Waals surface area contributed by atoms with E-state index in [-0.39, 0.29) is 18.2 Å². The third-order valence-corrected chi connectivity index (χ3v) is 5.92. The molecule has 0 bridgehead atoms. The summed E-state index contributed by atoms with van der Waals surface area (Å²) in [6, 6.07) is 17.7. The zero-order valence-electron chi connectivity index (χ0n) is 19.8. The number of ether oxygens (including phenoxy) is 2. The summed E-state index contributed by atoms with van der Waals surface area (Å²) in [5.41, 5.74) is 1.36. The molecule has 5 rings (SSSR count). The number of benzene rings is 2. The first-order valence-electron chi connectivity index (χ1n) is 11.4. The number of hydrogen-bond donors (Lipinski definition) is 1. The smallest absolute Gasteiger partial charge is 0.238 e. The number of methoxy groups -OCH3 is 1. The average molecular weight is 485 g/mol. The number of carbonyl (C=O) groups excluding carboxylic acids is 2. The first-order valence-corrected chi connectivity index (χ1v) is 11.4. The van der Waals surface area contributed by atoms with Crippen molar-refractivity contribution in [2.45, 2.75) is 13.3 Å². The monoisotopic (exact) mass is 484 g/mol. The van der Waals surface area contributed by atoms with Crippen LogP contribution in [0.15, 0.2) is 73.1 Å². The fraction of sp³-hybridized carbons (Fsp3) is 0.192. The Morgan fingerprint density at radius 2 is 1.75 bits per heavy atom. The van der Waals surface area contributed by atoms with Gasteiger partial charge in [0.05, 0.1) is 13.0 Å². The molecule has 10 heteroatoms. The van der Waals surface area contributed by atoms with Crippen LogP contribution in [-0.2, 0) is 9.59 Å². The normalized spacial score (nSPS) is 15.1. The van der Waals surface area contributed by atoms with Crippen LogP contribution in [0.2, 0.25) is 0 Å². The van der Waals surface area contributed by atoms with Crippen molar-refractivity contribution >= 4 is 23.2 Å². The molecule has 4 aromatic rings. The Kier molecular flexibility index (Phi) is 6.31. The zero-order chi connectivity index (χ0) is 25.1. The van der Waals surface area contributed by atoms with E-state index in [0.717, 1.165) is 11.5 Å². The lowest BCUT2D eigenvalue weighted by atomic mass is 10.1. The molecule has 2 aromatic heterocycles. The molecular formula is C26H24N6O4. The Labute approximate surface area is 207 Å². The first-order chi connectivity index (χ1) is 17.5. The standard InChI is InChI=1S/C26H24N6O4/c1-17-27-13-14-31(17)23-11-12-24(30-29-23)36-22-7-3-19(4-8-22)28-26(34)18-15-25(33)32(16-18)20-5-9-21(35-2)10-6-20/h3-14,18H,15-16H2,1-2H3,(H,28,34). The van der Waals surface area contributed by atoms with Gasteiger partial charge in [-0.3, -0.25) is 14.2 Å². The second kappa shape index (κ2) is 9.87. The minimum atomic E-state index is -0.441. The van der Waals surface area contributed by atoms with E-state index >= 15 is 0 Å². The largest absolute Gasteiger partial charge is 0.497 e. The van der Waals surface area contributed by atoms with Crippen molar-refractivity contribution < 1.29 is 19.1 Å². The van der Waals surface area contributed by atoms with Gasteiger partial charge in [0, 0.05) is 42.8 Å². The van der Waals surface area contributed by atoms with Crippen LogP contribution in [0, 0.1) is 12.8 Å². The van der Waals surface area contributed by atoms with Gasteiger partial charge in [-0.05, 0) is 61.5 Å². The maximum absolute atomic E-state index is 12.8. The maximum Gasteiger partial charge on any atom is 0.238 e. The van der Waals surface area contributed by atoms with E-state index in [1.165, 1.54) is 0 Å². The molecule has 2 aromatic carbocycles. The number of nitrogens with zero attached hydrogens (tertiary/aromatic N) is 5. The highest BCUT2D eigenvalue weighted by Gasteiger charge is 2.35. The summed E-state index contributed by atoms with van der Waals surface area (Å²) >= 11 is 0. The average Bonchev–Trinajstić information content (AvgIpc) is 3.51. The SMILES string of the molecule is COc1ccc(N2CC(C(=O)Nc3ccc(Oc4ccc(-n5ccnc5C)nn4)cc3)CC2=O)cc1. The van der Waals surface area contributed by atoms with Crippen molar-refractivity contribution in [1.82, 2.24) is 19.7 Å². The van der Waals surface area contributed by atoms with Gasteiger partial charge < -0.3 is 19.7 Å². The van der Waals surface area contributed by atoms with Crippen LogP contribution in [0.25, 0.3) is 5.82 Å². The van der Waals surface area contributed by atoms with Crippen LogP contribution in [0.1, 0.15) is 12.2 Å². The molecule has 1 N–H and O–H groups in total. The lowest BCUT2D eigenvalue weighted by Crippen LogP contribution is -2.28. The predicted octanol–water partition coefficient (Wildman–Crippen LogP) is 3.76. The van der Waals surface area contributed by atoms with Crippen molar-refractivity contribution in [2.75, 3.05) is 23.9 Å². The molecule has 0 aliphatic carbocycles. The quantitative estimate of drug-likeness (QED) is 0.425. The highest BCUT2D eigenvalue weighted by atomic mass is 16.5. The van der Waals surface area contributed by atoms with E-state index in [1.54, 1.807) is 66.7 Å². The molecule has 1 aliphatic heterocycles. The molecular weight excluding hydrogens is 460 g/mol. The summed E-state index contributed by atoms with van der Waals surface area (Å²) in [5.74, 6) is 2.33. The lowest BCUT2D eigenvalue weighted by Gasteiger charge is -2.17. The zero-order valence-corrected chi connectivity index (χ0v) is 19.8. The van der Waals surface area contributed by atoms with E-state index in [0.29, 0.717) is 35.4 Å². The van der Waals surface area contributed by atoms with Gasteiger partial charge in [0.25, 0.3) is 0 Å². The summed E-state index contributed by atoms with van der Waals surface area (Å²) in [5, 5.41) is 11.2. The summed E-state index contributed by atoms with van der Waals surface area (Å²) in [4.78, 5) is 31.1. The third-order valence-electron chi connectivity index (χ3n) is 5.92. The van der Waals surface area contributed by atoms with Crippen molar-refractivity contribution in [3.8, 4) is 23.2 Å². The number of rotatable bonds is 7. The Bertz CT molecular complexity index is 1370. The molecule has 0 radical (unpaired) electrons. The summed E-state index contributed by atoms with van der Waals surface area (Å²) in [6.07, 6.45) is 3.67. The summed E-state index contributed by atoms with van der Waals surface area (Å²) in [6.45, 7) is 2.21. The number of nitrogens with one attached hydrogen (secondary N) is 1. The van der Waals surface area contributed by atoms with Crippen LogP contribution in [0.3, 0.4) is 0 Å². The van der Waals surface area contributed by atoms with E-state index in [2.05, 4.69) is 20.5 Å². The fourth-order valence-corrected chi connectivity index (χ4v) is 3.98. The molecule has 1 saturated heterocycles. The summed E-state index contributed by atoms with van der Waals surface area (Å²) in [7, 11) is 1.59. The molecule has 36 heavy (non-hydrogen) atoms. The van der Waals surface area contributed by atoms with E-state index in [4.69, 9.17) is 9.47 Å². The first kappa shape index (κ1) is 23.0. The molecule has 10 nitrogen and oxygen atoms in total. The Morgan fingerprint density at radius 3 is 2.39 bits per heavy atom. The molecule has 2 amide bonds. The van der Waals surface area contributed by atoms with Crippen LogP contribution in [0.4, 0.5) is 11.4 Å². The Morgan fingerprint density at radius 1 is 1.00 bits per heavy atom. The van der Waals surface area contributed by atoms with Gasteiger partial charge in [0.1, 0.15) is 17.3 Å². The highest BCUT2D eigenvalue weighted by Crippen LogP contribution is 2.28. The molecule has 182 valence electrons. The number of anilines is 2. The molecule has 1 aliphatic rings. The summed E-state index contributed by atoms with van der Waals surface area (Å²) < 4.78 is 12.7. The van der Waals surface area contributed by atoms with Crippen molar-refractivity contribution in [2.24, 2.45) is 5.92 Å². The van der Waals surface area contributed by atoms with Crippen LogP contribution in [-0.4, -0.2) is 45.2 Å². The van der Waals surface area contributed by atoms with Crippen molar-refractivity contribution in [3.05, 3.63) is 78.9 Å². The van der Waals surface area contributed by atoms with Crippen LogP contribution >= 0.6 is 0 Å². The molecule has 1 atom stereocenters. The van der Waals surface area contributed by atoms with E-state index in [9.17, 15) is 9.59 Å². The second-order valence-corrected chi connectivity index (χ2v) is 8.29. The van der Waals surface area contributed by atoms with Crippen molar-refractivity contribution in [1.29, 1.82) is 0 Å². The van der Waals surface area contributed by atoms with Gasteiger partial charge in [0.15, 0.2) is 5.82 Å². The molecule has 1 fully saturated rings. The predicted molar refractivity (Wildman–Crippen MR) is 132 cm³/mol. The number of hydrogen-bond acceptors (Lipinski definition) is 7. The molecule has 0 spiro atoms. The Hall–Kier alpha value is -4.73. The van der Waals surface area contributed by atoms with E-state index in [1.807, 2.05) is 29.8 Å². The number of aryl methyl sites for hydroxylation is 1. The van der Waals surface area contributed by atoms with Crippen LogP contribution in [0.5, 0.6) is 17.4 Å².